The van der Waals surface area contributed by atoms with Crippen LogP contribution in [0.1, 0.15) is 39.9 Å². The number of fused-ring (bicyclic) bond motifs is 3. The summed E-state index contributed by atoms with van der Waals surface area (Å²) in [5, 5.41) is 0. The number of esters is 1. The van der Waals surface area contributed by atoms with Crippen molar-refractivity contribution in [1.29, 1.82) is 0 Å². The SMILES string of the molecule is CC(=O)/C(=C/c1ccccc1)[C@@H]1C(=O)/C(=C/c2ccccc2)[C@@]2(C(=O)c3ccccc3)C(=O)Oc3c(F)cccc3C12. The maximum atomic E-state index is 15.2. The molecule has 1 unspecified atom stereocenters. The molecule has 0 spiro atoms. The molecule has 0 amide bonds. The molecule has 42 heavy (non-hydrogen) atoms. The van der Waals surface area contributed by atoms with Crippen molar-refractivity contribution in [3.8, 4) is 5.75 Å². The van der Waals surface area contributed by atoms with Gasteiger partial charge in [0.2, 0.25) is 0 Å². The first-order chi connectivity index (χ1) is 20.3. The molecule has 1 aliphatic heterocycles. The average molecular weight is 557 g/mol. The smallest absolute Gasteiger partial charge is 0.330 e. The second kappa shape index (κ2) is 10.6. The number of carbonyl (C=O) groups is 4. The molecule has 0 saturated heterocycles. The largest absolute Gasteiger partial charge is 0.422 e. The van der Waals surface area contributed by atoms with Crippen molar-refractivity contribution in [3.63, 3.8) is 0 Å². The number of hydrogen-bond donors (Lipinski definition) is 0. The number of ether oxygens (including phenoxy) is 1. The zero-order chi connectivity index (χ0) is 29.4. The molecule has 0 bridgehead atoms. The van der Waals surface area contributed by atoms with Gasteiger partial charge in [-0.05, 0) is 36.3 Å². The summed E-state index contributed by atoms with van der Waals surface area (Å²) in [6.45, 7) is 1.34. The lowest BCUT2D eigenvalue weighted by Crippen LogP contribution is -2.49. The van der Waals surface area contributed by atoms with Gasteiger partial charge in [0, 0.05) is 28.2 Å². The zero-order valence-electron chi connectivity index (χ0n) is 22.6. The number of para-hydroxylation sites is 1. The van der Waals surface area contributed by atoms with Gasteiger partial charge in [0.1, 0.15) is 0 Å². The van der Waals surface area contributed by atoms with Crippen molar-refractivity contribution in [2.75, 3.05) is 0 Å². The second-order valence-electron chi connectivity index (χ2n) is 10.4. The maximum absolute atomic E-state index is 15.2. The summed E-state index contributed by atoms with van der Waals surface area (Å²) in [5.74, 6) is -6.34. The van der Waals surface area contributed by atoms with Crippen LogP contribution in [0.5, 0.6) is 5.75 Å². The van der Waals surface area contributed by atoms with E-state index in [1.54, 1.807) is 97.1 Å². The molecule has 4 aromatic carbocycles. The summed E-state index contributed by atoms with van der Waals surface area (Å²) in [5.41, 5.74) is -0.564. The fourth-order valence-electron chi connectivity index (χ4n) is 6.17. The summed E-state index contributed by atoms with van der Waals surface area (Å²) >= 11 is 0. The van der Waals surface area contributed by atoms with Crippen LogP contribution in [-0.4, -0.2) is 23.3 Å². The number of benzene rings is 4. The molecule has 0 N–H and O–H groups in total. The standard InChI is InChI=1S/C36H25FO5/c1-22(38)27(20-23-12-5-2-6-13-23)30-31-26-18-11-19-29(37)33(26)42-35(41)36(31,34(40)25-16-9-4-10-17-25)28(32(30)39)21-24-14-7-3-8-15-24/h2-21,30-31H,1H3/b27-20-,28-21-/t30-,31?,36+/m0/s1. The third-order valence-electron chi connectivity index (χ3n) is 7.99. The predicted octanol–water partition coefficient (Wildman–Crippen LogP) is 6.65. The molecule has 5 nitrogen and oxygen atoms in total. The normalized spacial score (nSPS) is 22.3. The maximum Gasteiger partial charge on any atom is 0.330 e. The topological polar surface area (TPSA) is 77.5 Å². The Bertz CT molecular complexity index is 1790. The van der Waals surface area contributed by atoms with Crippen LogP contribution in [0.3, 0.4) is 0 Å². The average Bonchev–Trinajstić information content (AvgIpc) is 3.26. The van der Waals surface area contributed by atoms with Gasteiger partial charge in [-0.2, -0.15) is 0 Å². The Labute approximate surface area is 242 Å². The van der Waals surface area contributed by atoms with Crippen LogP contribution < -0.4 is 4.74 Å². The first-order valence-electron chi connectivity index (χ1n) is 13.5. The van der Waals surface area contributed by atoms with E-state index < -0.39 is 46.4 Å². The van der Waals surface area contributed by atoms with Gasteiger partial charge in [0.05, 0.1) is 5.92 Å². The van der Waals surface area contributed by atoms with Gasteiger partial charge in [-0.1, -0.05) is 103 Å². The lowest BCUT2D eigenvalue weighted by molar-refractivity contribution is -0.143. The lowest BCUT2D eigenvalue weighted by Gasteiger charge is -2.39. The van der Waals surface area contributed by atoms with Gasteiger partial charge >= 0.3 is 5.97 Å². The van der Waals surface area contributed by atoms with E-state index in [4.69, 9.17) is 4.74 Å². The molecule has 1 aliphatic carbocycles. The van der Waals surface area contributed by atoms with Crippen molar-refractivity contribution < 1.29 is 28.3 Å². The zero-order valence-corrected chi connectivity index (χ0v) is 22.6. The Hall–Kier alpha value is -5.23. The molecule has 206 valence electrons. The van der Waals surface area contributed by atoms with Crippen molar-refractivity contribution in [2.45, 2.75) is 12.8 Å². The fraction of sp³-hybridized carbons (Fsp3) is 0.111. The monoisotopic (exact) mass is 556 g/mol. The number of hydrogen-bond acceptors (Lipinski definition) is 5. The minimum atomic E-state index is -2.18. The highest BCUT2D eigenvalue weighted by molar-refractivity contribution is 6.28. The Morgan fingerprint density at radius 2 is 1.38 bits per heavy atom. The van der Waals surface area contributed by atoms with Crippen LogP contribution >= 0.6 is 0 Å². The van der Waals surface area contributed by atoms with E-state index in [2.05, 4.69) is 0 Å². The van der Waals surface area contributed by atoms with E-state index in [0.717, 1.165) is 6.07 Å². The first-order valence-corrected chi connectivity index (χ1v) is 13.5. The van der Waals surface area contributed by atoms with Crippen molar-refractivity contribution >= 4 is 35.5 Å². The summed E-state index contributed by atoms with van der Waals surface area (Å²) in [4.78, 5) is 56.9. The third-order valence-corrected chi connectivity index (χ3v) is 7.99. The van der Waals surface area contributed by atoms with Gasteiger partial charge in [-0.15, -0.1) is 0 Å². The van der Waals surface area contributed by atoms with Crippen LogP contribution in [0.15, 0.2) is 120 Å². The van der Waals surface area contributed by atoms with Crippen LogP contribution in [-0.2, 0) is 14.4 Å². The molecule has 2 aliphatic rings. The Morgan fingerprint density at radius 3 is 2.00 bits per heavy atom. The van der Waals surface area contributed by atoms with E-state index in [0.29, 0.717) is 11.1 Å². The second-order valence-corrected chi connectivity index (χ2v) is 10.4. The summed E-state index contributed by atoms with van der Waals surface area (Å²) in [6.07, 6.45) is 3.12. The van der Waals surface area contributed by atoms with Gasteiger partial charge < -0.3 is 4.74 Å². The van der Waals surface area contributed by atoms with Crippen LogP contribution in [0.25, 0.3) is 12.2 Å². The highest BCUT2D eigenvalue weighted by Gasteiger charge is 2.70. The molecule has 6 heteroatoms. The molecular weight excluding hydrogens is 531 g/mol. The summed E-state index contributed by atoms with van der Waals surface area (Å²) in [7, 11) is 0. The van der Waals surface area contributed by atoms with Gasteiger partial charge in [-0.3, -0.25) is 19.2 Å². The van der Waals surface area contributed by atoms with E-state index in [-0.39, 0.29) is 28.0 Å². The van der Waals surface area contributed by atoms with Crippen molar-refractivity contribution in [3.05, 3.63) is 148 Å². The minimum Gasteiger partial charge on any atom is -0.422 e. The number of allylic oxidation sites excluding steroid dienone is 1. The molecule has 4 aromatic rings. The molecule has 6 rings (SSSR count). The molecule has 1 fully saturated rings. The Kier molecular flexibility index (Phi) is 6.83. The van der Waals surface area contributed by atoms with Crippen molar-refractivity contribution in [2.24, 2.45) is 11.3 Å². The number of Topliss-reactive ketones (excluding diaryl/α,β-unsaturated/α-hetero) is 3. The van der Waals surface area contributed by atoms with E-state index in [1.807, 2.05) is 6.07 Å². The minimum absolute atomic E-state index is 0.0994. The van der Waals surface area contributed by atoms with E-state index in [1.165, 1.54) is 19.1 Å². The third kappa shape index (κ3) is 4.23. The number of ketones is 3. The fourth-order valence-corrected chi connectivity index (χ4v) is 6.17. The first kappa shape index (κ1) is 27.0. The van der Waals surface area contributed by atoms with Crippen molar-refractivity contribution in [1.82, 2.24) is 0 Å². The van der Waals surface area contributed by atoms with Crippen LogP contribution in [0.4, 0.5) is 4.39 Å². The summed E-state index contributed by atoms with van der Waals surface area (Å²) < 4.78 is 20.8. The highest BCUT2D eigenvalue weighted by atomic mass is 19.1. The Morgan fingerprint density at radius 1 is 0.786 bits per heavy atom. The van der Waals surface area contributed by atoms with Crippen LogP contribution in [0, 0.1) is 17.2 Å². The molecule has 3 atom stereocenters. The van der Waals surface area contributed by atoms with E-state index >= 15 is 4.39 Å². The van der Waals surface area contributed by atoms with Gasteiger partial charge in [0.15, 0.2) is 34.3 Å². The lowest BCUT2D eigenvalue weighted by atomic mass is 9.63. The predicted molar refractivity (Wildman–Crippen MR) is 156 cm³/mol. The van der Waals surface area contributed by atoms with E-state index in [9.17, 15) is 19.2 Å². The molecular formula is C36H25FO5. The number of carbonyl (C=O) groups excluding carboxylic acids is 4. The quantitative estimate of drug-likeness (QED) is 0.0874. The summed E-state index contributed by atoms with van der Waals surface area (Å²) in [6, 6.07) is 30.1. The van der Waals surface area contributed by atoms with Crippen LogP contribution in [0.2, 0.25) is 0 Å². The van der Waals surface area contributed by atoms with Gasteiger partial charge in [-0.25, -0.2) is 4.39 Å². The Balaban J connectivity index is 1.72. The van der Waals surface area contributed by atoms with Gasteiger partial charge in [0.25, 0.3) is 0 Å². The molecule has 1 heterocycles. The highest BCUT2D eigenvalue weighted by Crippen LogP contribution is 2.62. The molecule has 0 radical (unpaired) electrons. The number of rotatable bonds is 6. The molecule has 1 saturated carbocycles. The molecule has 0 aromatic heterocycles. The number of halogens is 1.